The lowest BCUT2D eigenvalue weighted by Crippen LogP contribution is -2.27. The van der Waals surface area contributed by atoms with Crippen LogP contribution in [0.4, 0.5) is 11.5 Å². The third kappa shape index (κ3) is 5.07. The van der Waals surface area contributed by atoms with Crippen LogP contribution in [-0.2, 0) is 9.59 Å². The van der Waals surface area contributed by atoms with Gasteiger partial charge in [0.1, 0.15) is 5.82 Å². The molecule has 5 heteroatoms. The minimum atomic E-state index is -0.450. The van der Waals surface area contributed by atoms with E-state index in [0.717, 1.165) is 6.42 Å². The first kappa shape index (κ1) is 15.1. The molecular weight excluding hydrogens is 242 g/mol. The summed E-state index contributed by atoms with van der Waals surface area (Å²) in [6, 6.07) is 3.39. The van der Waals surface area contributed by atoms with Gasteiger partial charge in [-0.3, -0.25) is 9.59 Å². The van der Waals surface area contributed by atoms with Crippen molar-refractivity contribution in [2.24, 2.45) is 5.41 Å². The second-order valence-corrected chi connectivity index (χ2v) is 5.43. The van der Waals surface area contributed by atoms with Crippen molar-refractivity contribution >= 4 is 23.3 Å². The van der Waals surface area contributed by atoms with Gasteiger partial charge in [-0.2, -0.15) is 0 Å². The summed E-state index contributed by atoms with van der Waals surface area (Å²) in [6.07, 6.45) is 2.81. The Bertz CT molecular complexity index is 447. The lowest BCUT2D eigenvalue weighted by atomic mass is 9.96. The zero-order chi connectivity index (χ0) is 14.5. The fourth-order valence-electron chi connectivity index (χ4n) is 1.29. The highest BCUT2D eigenvalue weighted by Crippen LogP contribution is 2.17. The first-order valence-corrected chi connectivity index (χ1v) is 6.40. The van der Waals surface area contributed by atoms with Crippen LogP contribution < -0.4 is 10.6 Å². The van der Waals surface area contributed by atoms with Gasteiger partial charge in [0.25, 0.3) is 0 Å². The molecule has 0 aliphatic heterocycles. The van der Waals surface area contributed by atoms with Gasteiger partial charge in [-0.1, -0.05) is 27.7 Å². The predicted molar refractivity (Wildman–Crippen MR) is 75.9 cm³/mol. The van der Waals surface area contributed by atoms with Gasteiger partial charge in [0.15, 0.2) is 0 Å². The van der Waals surface area contributed by atoms with E-state index in [1.807, 2.05) is 27.7 Å². The molecule has 0 unspecified atom stereocenters. The fraction of sp³-hybridized carbons (Fsp3) is 0.500. The summed E-state index contributed by atoms with van der Waals surface area (Å²) in [7, 11) is 0. The number of pyridine rings is 1. The molecule has 5 nitrogen and oxygen atoms in total. The highest BCUT2D eigenvalue weighted by Gasteiger charge is 2.21. The average molecular weight is 263 g/mol. The topological polar surface area (TPSA) is 71.1 Å². The van der Waals surface area contributed by atoms with E-state index in [-0.39, 0.29) is 11.8 Å². The zero-order valence-corrected chi connectivity index (χ0v) is 11.9. The van der Waals surface area contributed by atoms with Gasteiger partial charge in [-0.25, -0.2) is 4.98 Å². The summed E-state index contributed by atoms with van der Waals surface area (Å²) in [5.74, 6) is 0.366. The number of amides is 2. The maximum atomic E-state index is 11.8. The molecular formula is C14H21N3O2. The number of carbonyl (C=O) groups is 2. The Kier molecular flexibility index (Phi) is 5.03. The maximum Gasteiger partial charge on any atom is 0.229 e. The number of aromatic nitrogens is 1. The number of anilines is 2. The molecule has 0 fully saturated rings. The molecule has 0 aliphatic carbocycles. The van der Waals surface area contributed by atoms with Gasteiger partial charge in [-0.15, -0.1) is 0 Å². The summed E-state index contributed by atoms with van der Waals surface area (Å²) in [6.45, 7) is 7.47. The minimum absolute atomic E-state index is 0.0542. The van der Waals surface area contributed by atoms with E-state index in [1.165, 1.54) is 6.20 Å². The molecule has 1 heterocycles. The first-order valence-electron chi connectivity index (χ1n) is 6.40. The van der Waals surface area contributed by atoms with Crippen LogP contribution in [0.5, 0.6) is 0 Å². The Morgan fingerprint density at radius 3 is 2.37 bits per heavy atom. The molecule has 1 rings (SSSR count). The molecule has 0 saturated heterocycles. The molecule has 0 bridgehead atoms. The number of nitrogens with zero attached hydrogens (tertiary/aromatic N) is 1. The Hall–Kier alpha value is -1.91. The summed E-state index contributed by atoms with van der Waals surface area (Å²) >= 11 is 0. The van der Waals surface area contributed by atoms with E-state index in [4.69, 9.17) is 0 Å². The van der Waals surface area contributed by atoms with Gasteiger partial charge in [0, 0.05) is 11.8 Å². The molecule has 1 aromatic heterocycles. The van der Waals surface area contributed by atoms with Gasteiger partial charge in [0.05, 0.1) is 11.9 Å². The Labute approximate surface area is 113 Å². The maximum absolute atomic E-state index is 11.8. The molecule has 0 spiro atoms. The lowest BCUT2D eigenvalue weighted by Gasteiger charge is -2.17. The van der Waals surface area contributed by atoms with E-state index in [1.54, 1.807) is 12.1 Å². The van der Waals surface area contributed by atoms with E-state index in [9.17, 15) is 9.59 Å². The second-order valence-electron chi connectivity index (χ2n) is 5.43. The van der Waals surface area contributed by atoms with Crippen molar-refractivity contribution in [2.45, 2.75) is 40.5 Å². The Morgan fingerprint density at radius 1 is 1.21 bits per heavy atom. The molecule has 0 radical (unpaired) electrons. The molecule has 0 saturated carbocycles. The fourth-order valence-corrected chi connectivity index (χ4v) is 1.29. The minimum Gasteiger partial charge on any atom is -0.324 e. The molecule has 104 valence electrons. The van der Waals surface area contributed by atoms with Crippen molar-refractivity contribution < 1.29 is 9.59 Å². The van der Waals surface area contributed by atoms with Crippen LogP contribution in [0.15, 0.2) is 18.3 Å². The van der Waals surface area contributed by atoms with Gasteiger partial charge < -0.3 is 10.6 Å². The van der Waals surface area contributed by atoms with Crippen molar-refractivity contribution in [3.8, 4) is 0 Å². The van der Waals surface area contributed by atoms with Gasteiger partial charge >= 0.3 is 0 Å². The van der Waals surface area contributed by atoms with Crippen LogP contribution in [0.2, 0.25) is 0 Å². The van der Waals surface area contributed by atoms with E-state index in [2.05, 4.69) is 15.6 Å². The third-order valence-corrected chi connectivity index (χ3v) is 2.45. The van der Waals surface area contributed by atoms with Crippen LogP contribution in [0.3, 0.4) is 0 Å². The number of hydrogen-bond donors (Lipinski definition) is 2. The van der Waals surface area contributed by atoms with Crippen LogP contribution in [0.1, 0.15) is 40.5 Å². The zero-order valence-electron chi connectivity index (χ0n) is 11.9. The standard InChI is InChI=1S/C14H21N3O2/c1-5-6-12(18)17-11-8-7-10(9-15-11)16-13(19)14(2,3)4/h7-9H,5-6H2,1-4H3,(H,16,19)(H,15,17,18). The summed E-state index contributed by atoms with van der Waals surface area (Å²) < 4.78 is 0. The van der Waals surface area contributed by atoms with Crippen LogP contribution in [0, 0.1) is 5.41 Å². The summed E-state index contributed by atoms with van der Waals surface area (Å²) in [5, 5.41) is 5.46. The number of nitrogens with one attached hydrogen (secondary N) is 2. The quantitative estimate of drug-likeness (QED) is 0.877. The average Bonchev–Trinajstić information content (AvgIpc) is 2.30. The lowest BCUT2D eigenvalue weighted by molar-refractivity contribution is -0.123. The number of hydrogen-bond acceptors (Lipinski definition) is 3. The van der Waals surface area contributed by atoms with E-state index < -0.39 is 5.41 Å². The van der Waals surface area contributed by atoms with Crippen LogP contribution in [0.25, 0.3) is 0 Å². The number of carbonyl (C=O) groups excluding carboxylic acids is 2. The highest BCUT2D eigenvalue weighted by molar-refractivity contribution is 5.94. The van der Waals surface area contributed by atoms with Gasteiger partial charge in [-0.05, 0) is 18.6 Å². The normalized spacial score (nSPS) is 10.9. The monoisotopic (exact) mass is 263 g/mol. The van der Waals surface area contributed by atoms with E-state index >= 15 is 0 Å². The van der Waals surface area contributed by atoms with Crippen LogP contribution >= 0.6 is 0 Å². The van der Waals surface area contributed by atoms with Crippen molar-refractivity contribution in [3.05, 3.63) is 18.3 Å². The highest BCUT2D eigenvalue weighted by atomic mass is 16.2. The van der Waals surface area contributed by atoms with E-state index in [0.29, 0.717) is 17.9 Å². The second kappa shape index (κ2) is 6.31. The smallest absolute Gasteiger partial charge is 0.229 e. The molecule has 2 amide bonds. The molecule has 0 aliphatic rings. The largest absolute Gasteiger partial charge is 0.324 e. The van der Waals surface area contributed by atoms with Crippen molar-refractivity contribution in [3.63, 3.8) is 0 Å². The van der Waals surface area contributed by atoms with Crippen molar-refractivity contribution in [2.75, 3.05) is 10.6 Å². The van der Waals surface area contributed by atoms with Crippen molar-refractivity contribution in [1.82, 2.24) is 4.98 Å². The van der Waals surface area contributed by atoms with Gasteiger partial charge in [0.2, 0.25) is 11.8 Å². The third-order valence-electron chi connectivity index (χ3n) is 2.45. The Balaban J connectivity index is 2.62. The van der Waals surface area contributed by atoms with Crippen LogP contribution in [-0.4, -0.2) is 16.8 Å². The molecule has 19 heavy (non-hydrogen) atoms. The summed E-state index contributed by atoms with van der Waals surface area (Å²) in [5.41, 5.74) is 0.169. The molecule has 2 N–H and O–H groups in total. The molecule has 0 aromatic carbocycles. The Morgan fingerprint density at radius 2 is 1.89 bits per heavy atom. The predicted octanol–water partition coefficient (Wildman–Crippen LogP) is 2.80. The first-order chi connectivity index (χ1) is 8.82. The molecule has 0 atom stereocenters. The molecule has 1 aromatic rings. The summed E-state index contributed by atoms with van der Waals surface area (Å²) in [4.78, 5) is 27.2. The number of rotatable bonds is 4. The SMILES string of the molecule is CCCC(=O)Nc1ccc(NC(=O)C(C)(C)C)cn1. The van der Waals surface area contributed by atoms with Crippen molar-refractivity contribution in [1.29, 1.82) is 0 Å².